The van der Waals surface area contributed by atoms with E-state index >= 15 is 0 Å². The Labute approximate surface area is 58.9 Å². The summed E-state index contributed by atoms with van der Waals surface area (Å²) >= 11 is 0. The third-order valence-corrected chi connectivity index (χ3v) is 0.500. The van der Waals surface area contributed by atoms with E-state index in [1.54, 1.807) is 0 Å². The van der Waals surface area contributed by atoms with Gasteiger partial charge < -0.3 is 6.15 Å². The van der Waals surface area contributed by atoms with Crippen LogP contribution in [0.5, 0.6) is 0 Å². The van der Waals surface area contributed by atoms with Crippen LogP contribution in [0.25, 0.3) is 6.15 Å². The molecule has 0 amide bonds. The first-order valence-corrected chi connectivity index (χ1v) is 1.91. The summed E-state index contributed by atoms with van der Waals surface area (Å²) in [5.74, 6) is 0. The number of rotatable bonds is 1. The van der Waals surface area contributed by atoms with Gasteiger partial charge in [-0.05, 0) is 0 Å². The molecule has 0 rings (SSSR count). The molecular formula is C4H12HfN-. The molecule has 0 bridgehead atoms. The zero-order chi connectivity index (χ0) is 3.41. The zero-order valence-electron chi connectivity index (χ0n) is 4.49. The van der Waals surface area contributed by atoms with Crippen LogP contribution >= 0.6 is 0 Å². The van der Waals surface area contributed by atoms with Gasteiger partial charge in [-0.15, -0.1) is 0 Å². The average Bonchev–Trinajstić information content (AvgIpc) is 1.37. The van der Waals surface area contributed by atoms with Gasteiger partial charge in [0.15, 0.2) is 0 Å². The molecule has 2 heteroatoms. The fraction of sp³-hybridized carbons (Fsp3) is 1.00. The second kappa shape index (κ2) is 17.0. The van der Waals surface area contributed by atoms with Crippen molar-refractivity contribution in [2.45, 2.75) is 26.7 Å². The van der Waals surface area contributed by atoms with E-state index in [9.17, 15) is 0 Å². The summed E-state index contributed by atoms with van der Waals surface area (Å²) in [7, 11) is 0. The Morgan fingerprint density at radius 3 is 1.17 bits per heavy atom. The van der Waals surface area contributed by atoms with Gasteiger partial charge in [0.25, 0.3) is 0 Å². The summed E-state index contributed by atoms with van der Waals surface area (Å²) in [5.41, 5.74) is 0. The van der Waals surface area contributed by atoms with Crippen LogP contribution in [0, 0.1) is 0 Å². The zero-order valence-corrected chi connectivity index (χ0v) is 8.08. The Kier molecular flexibility index (Phi) is 44.8. The Hall–Kier alpha value is 0.830. The first-order chi connectivity index (χ1) is 1.91. The van der Waals surface area contributed by atoms with E-state index in [2.05, 4.69) is 13.8 Å². The monoisotopic (exact) mass is 254 g/mol. The fourth-order valence-electron chi connectivity index (χ4n) is 0. The Balaban J connectivity index is -0.0000000450. The van der Waals surface area contributed by atoms with Gasteiger partial charge in [0.05, 0.1) is 0 Å². The molecular weight excluding hydrogens is 241 g/mol. The van der Waals surface area contributed by atoms with Crippen LogP contribution in [-0.2, 0) is 25.8 Å². The number of unbranched alkanes of at least 4 members (excludes halogenated alkanes) is 1. The normalized spacial score (nSPS) is 5.00. The summed E-state index contributed by atoms with van der Waals surface area (Å²) in [6, 6.07) is 0. The molecule has 0 aromatic heterocycles. The van der Waals surface area contributed by atoms with E-state index in [0.29, 0.717) is 0 Å². The van der Waals surface area contributed by atoms with Crippen molar-refractivity contribution in [1.82, 2.24) is 0 Å². The Morgan fingerprint density at radius 1 is 1.00 bits per heavy atom. The molecule has 0 aromatic rings. The van der Waals surface area contributed by atoms with Crippen LogP contribution in [-0.4, -0.2) is 0 Å². The standard InChI is InChI=1S/C4H10.Hf.H2N/c1-3-4-2;;/h3-4H2,1-2H3;;1H2/q;;-1. The number of hydrogen-bond donors (Lipinski definition) is 0. The van der Waals surface area contributed by atoms with Crippen LogP contribution in [0.15, 0.2) is 0 Å². The van der Waals surface area contributed by atoms with Gasteiger partial charge in [-0.25, -0.2) is 0 Å². The maximum Gasteiger partial charge on any atom is 0 e. The van der Waals surface area contributed by atoms with Crippen molar-refractivity contribution >= 4 is 0 Å². The van der Waals surface area contributed by atoms with Crippen LogP contribution < -0.4 is 0 Å². The largest absolute Gasteiger partial charge is 0.693 e. The Bertz CT molecular complexity index is 9.51. The van der Waals surface area contributed by atoms with Crippen molar-refractivity contribution in [3.05, 3.63) is 6.15 Å². The minimum absolute atomic E-state index is 0. The van der Waals surface area contributed by atoms with E-state index in [1.165, 1.54) is 12.8 Å². The second-order valence-electron chi connectivity index (χ2n) is 1.000. The van der Waals surface area contributed by atoms with Gasteiger partial charge in [-0.3, -0.25) is 0 Å². The molecule has 0 atom stereocenters. The molecule has 0 radical (unpaired) electrons. The SMILES string of the molecule is CCCC.[Hf].[NH2-]. The molecule has 0 saturated carbocycles. The fourth-order valence-corrected chi connectivity index (χ4v) is 0. The maximum atomic E-state index is 2.18. The Morgan fingerprint density at radius 2 is 1.17 bits per heavy atom. The summed E-state index contributed by atoms with van der Waals surface area (Å²) in [6.45, 7) is 4.36. The molecule has 0 fully saturated rings. The molecule has 0 heterocycles. The van der Waals surface area contributed by atoms with E-state index in [1.807, 2.05) is 0 Å². The van der Waals surface area contributed by atoms with Gasteiger partial charge in [0.1, 0.15) is 0 Å². The molecule has 0 aliphatic carbocycles. The first kappa shape index (κ1) is 15.8. The topological polar surface area (TPSA) is 33.5 Å². The minimum Gasteiger partial charge on any atom is -0.693 e. The predicted molar refractivity (Wildman–Crippen MR) is 25.9 cm³/mol. The molecule has 0 aliphatic rings. The predicted octanol–water partition coefficient (Wildman–Crippen LogP) is 2.52. The van der Waals surface area contributed by atoms with Gasteiger partial charge in [-0.2, -0.15) is 0 Å². The van der Waals surface area contributed by atoms with E-state index < -0.39 is 0 Å². The maximum absolute atomic E-state index is 2.18. The third-order valence-electron chi connectivity index (χ3n) is 0.500. The number of nitrogens with two attached hydrogens (primary N) is 1. The molecule has 0 aliphatic heterocycles. The van der Waals surface area contributed by atoms with Gasteiger partial charge in [0.2, 0.25) is 0 Å². The average molecular weight is 253 g/mol. The van der Waals surface area contributed by atoms with Crippen molar-refractivity contribution < 1.29 is 25.8 Å². The number of hydrogen-bond acceptors (Lipinski definition) is 0. The molecule has 1 nitrogen and oxygen atoms in total. The molecule has 0 unspecified atom stereocenters. The van der Waals surface area contributed by atoms with Gasteiger partial charge >= 0.3 is 0 Å². The second-order valence-corrected chi connectivity index (χ2v) is 1.000. The summed E-state index contributed by atoms with van der Waals surface area (Å²) in [5, 5.41) is 0. The van der Waals surface area contributed by atoms with E-state index in [0.717, 1.165) is 0 Å². The van der Waals surface area contributed by atoms with Crippen molar-refractivity contribution in [3.8, 4) is 0 Å². The molecule has 0 spiro atoms. The quantitative estimate of drug-likeness (QED) is 0.643. The molecule has 2 N–H and O–H groups in total. The summed E-state index contributed by atoms with van der Waals surface area (Å²) in [4.78, 5) is 0. The van der Waals surface area contributed by atoms with E-state index in [4.69, 9.17) is 0 Å². The third kappa shape index (κ3) is 21.2. The van der Waals surface area contributed by atoms with Crippen molar-refractivity contribution in [2.75, 3.05) is 0 Å². The van der Waals surface area contributed by atoms with Crippen molar-refractivity contribution in [2.24, 2.45) is 0 Å². The minimum atomic E-state index is 0. The molecule has 0 aromatic carbocycles. The first-order valence-electron chi connectivity index (χ1n) is 1.91. The smallest absolute Gasteiger partial charge is 0 e. The van der Waals surface area contributed by atoms with Crippen LogP contribution in [0.3, 0.4) is 0 Å². The van der Waals surface area contributed by atoms with E-state index in [-0.39, 0.29) is 32.0 Å². The van der Waals surface area contributed by atoms with Crippen molar-refractivity contribution in [1.29, 1.82) is 0 Å². The summed E-state index contributed by atoms with van der Waals surface area (Å²) in [6.07, 6.45) is 2.64. The molecule has 6 heavy (non-hydrogen) atoms. The molecule has 0 saturated heterocycles. The van der Waals surface area contributed by atoms with Gasteiger partial charge in [-0.1, -0.05) is 26.7 Å². The van der Waals surface area contributed by atoms with Crippen LogP contribution in [0.2, 0.25) is 0 Å². The summed E-state index contributed by atoms with van der Waals surface area (Å²) < 4.78 is 0. The van der Waals surface area contributed by atoms with Crippen molar-refractivity contribution in [3.63, 3.8) is 0 Å². The van der Waals surface area contributed by atoms with Crippen LogP contribution in [0.4, 0.5) is 0 Å². The van der Waals surface area contributed by atoms with Gasteiger partial charge in [0, 0.05) is 25.8 Å². The molecule has 38 valence electrons. The van der Waals surface area contributed by atoms with Crippen LogP contribution in [0.1, 0.15) is 26.7 Å².